The van der Waals surface area contributed by atoms with E-state index in [4.69, 9.17) is 0 Å². The maximum atomic E-state index is 0. The van der Waals surface area contributed by atoms with Crippen LogP contribution in [0.15, 0.2) is 0 Å². The van der Waals surface area contributed by atoms with Crippen LogP contribution in [-0.4, -0.2) is 8.41 Å². The summed E-state index contributed by atoms with van der Waals surface area (Å²) < 4.78 is 0. The van der Waals surface area contributed by atoms with Gasteiger partial charge in [-0.15, -0.1) is 0 Å². The summed E-state index contributed by atoms with van der Waals surface area (Å²) in [6.45, 7) is 0. The van der Waals surface area contributed by atoms with Gasteiger partial charge in [-0.05, 0) is 0 Å². The molecule has 0 aromatic carbocycles. The Labute approximate surface area is 106 Å². The van der Waals surface area contributed by atoms with Crippen molar-refractivity contribution in [3.05, 3.63) is 0 Å². The first-order valence-corrected chi connectivity index (χ1v) is 0. The second kappa shape index (κ2) is 67.2. The molecule has 7 heteroatoms. The molecule has 0 unspecified atom stereocenters. The van der Waals surface area contributed by atoms with Gasteiger partial charge in [0, 0.05) is 0 Å². The van der Waals surface area contributed by atoms with Crippen LogP contribution < -0.4 is 79.2 Å². The molecule has 0 saturated carbocycles. The Morgan fingerprint density at radius 1 is 0.571 bits per heavy atom. The molecule has 0 aliphatic heterocycles. The van der Waals surface area contributed by atoms with Crippen molar-refractivity contribution >= 4 is 8.41 Å². The standard InChI is InChI=1S/BH3.4ClH.Na.Rh/h1H3;4*1H;;/q;;;;;+1;+3/p-4. The summed E-state index contributed by atoms with van der Waals surface area (Å²) >= 11 is 0. The molecule has 7 heavy (non-hydrogen) atoms. The predicted octanol–water partition coefficient (Wildman–Crippen LogP) is -16.2. The van der Waals surface area contributed by atoms with Gasteiger partial charge >= 0.3 is 49.0 Å². The van der Waals surface area contributed by atoms with Gasteiger partial charge in [0.15, 0.2) is 0 Å². The van der Waals surface area contributed by atoms with E-state index in [1.165, 1.54) is 0 Å². The zero-order chi connectivity index (χ0) is 0. The van der Waals surface area contributed by atoms with Crippen molar-refractivity contribution in [3.8, 4) is 0 Å². The molecule has 0 spiro atoms. The molecule has 0 aliphatic carbocycles. The fraction of sp³-hybridized carbons (Fsp3) is 0. The van der Waals surface area contributed by atoms with E-state index >= 15 is 0 Å². The van der Waals surface area contributed by atoms with Crippen LogP contribution in [0.4, 0.5) is 0 Å². The molecular formula is H3BCl4NaRh. The zero-order valence-electron chi connectivity index (χ0n) is 2.85. The van der Waals surface area contributed by atoms with E-state index in [2.05, 4.69) is 0 Å². The van der Waals surface area contributed by atoms with Crippen LogP contribution in [0.3, 0.4) is 0 Å². The molecule has 0 N–H and O–H groups in total. The maximum absolute atomic E-state index is 0. The summed E-state index contributed by atoms with van der Waals surface area (Å²) in [7, 11) is 0. The van der Waals surface area contributed by atoms with Crippen molar-refractivity contribution < 1.29 is 98.7 Å². The van der Waals surface area contributed by atoms with Gasteiger partial charge in [0.05, 0.1) is 8.41 Å². The molecule has 0 aromatic heterocycles. The fourth-order valence-electron chi connectivity index (χ4n) is 0. The van der Waals surface area contributed by atoms with E-state index in [0.717, 1.165) is 0 Å². The zero-order valence-corrected chi connectivity index (χ0v) is 9.51. The van der Waals surface area contributed by atoms with Gasteiger partial charge < -0.3 is 49.6 Å². The van der Waals surface area contributed by atoms with E-state index in [9.17, 15) is 0 Å². The van der Waals surface area contributed by atoms with Gasteiger partial charge in [-0.25, -0.2) is 0 Å². The molecule has 0 radical (unpaired) electrons. The third-order valence-electron chi connectivity index (χ3n) is 0. The van der Waals surface area contributed by atoms with Gasteiger partial charge in [0.2, 0.25) is 0 Å². The first-order chi connectivity index (χ1) is 0. The normalized spacial score (nSPS) is 0. The molecule has 0 atom stereocenters. The maximum Gasteiger partial charge on any atom is 3.00 e. The van der Waals surface area contributed by atoms with E-state index in [0.29, 0.717) is 0 Å². The van der Waals surface area contributed by atoms with Crippen LogP contribution >= 0.6 is 0 Å². The van der Waals surface area contributed by atoms with Gasteiger partial charge in [-0.2, -0.15) is 0 Å². The molecule has 0 fully saturated rings. The Morgan fingerprint density at radius 2 is 0.571 bits per heavy atom. The Bertz CT molecular complexity index is 11.7. The number of halogens is 4. The first-order valence-electron chi connectivity index (χ1n) is 0. The van der Waals surface area contributed by atoms with Crippen molar-refractivity contribution in [2.75, 3.05) is 0 Å². The molecule has 0 bridgehead atoms. The smallest absolute Gasteiger partial charge is 1.00 e. The number of hydrogen-bond acceptors (Lipinski definition) is 0. The number of rotatable bonds is 0. The minimum atomic E-state index is 0. The minimum absolute atomic E-state index is 0. The summed E-state index contributed by atoms with van der Waals surface area (Å²) in [5.41, 5.74) is 0. The van der Waals surface area contributed by atoms with Crippen LogP contribution in [0, 0.1) is 0 Å². The second-order valence-corrected chi connectivity index (χ2v) is 0. The van der Waals surface area contributed by atoms with Crippen molar-refractivity contribution in [3.63, 3.8) is 0 Å². The van der Waals surface area contributed by atoms with Crippen LogP contribution in [-0.2, 0) is 19.5 Å². The largest absolute Gasteiger partial charge is 3.00 e. The Hall–Kier alpha value is 2.85. The molecule has 0 heterocycles. The fourth-order valence-corrected chi connectivity index (χ4v) is 0. The monoisotopic (exact) mass is 280 g/mol. The van der Waals surface area contributed by atoms with E-state index in [1.807, 2.05) is 0 Å². The predicted molar refractivity (Wildman–Crippen MR) is 9.94 cm³/mol. The van der Waals surface area contributed by atoms with Crippen LogP contribution in [0.5, 0.6) is 0 Å². The van der Waals surface area contributed by atoms with Crippen LogP contribution in [0.2, 0.25) is 0 Å². The van der Waals surface area contributed by atoms with Gasteiger partial charge in [0.1, 0.15) is 0 Å². The van der Waals surface area contributed by atoms with Crippen LogP contribution in [0.25, 0.3) is 0 Å². The first kappa shape index (κ1) is 95.0. The summed E-state index contributed by atoms with van der Waals surface area (Å²) in [5, 5.41) is 0. The summed E-state index contributed by atoms with van der Waals surface area (Å²) in [6, 6.07) is 0. The SMILES string of the molecule is B.[Cl-].[Cl-].[Cl-].[Cl-].[Na+].[Rh+3]. The minimum Gasteiger partial charge on any atom is -1.00 e. The average molecular weight is 282 g/mol. The molecule has 0 rings (SSSR count). The van der Waals surface area contributed by atoms with E-state index in [-0.39, 0.29) is 107 Å². The van der Waals surface area contributed by atoms with E-state index in [1.54, 1.807) is 0 Å². The summed E-state index contributed by atoms with van der Waals surface area (Å²) in [4.78, 5) is 0. The summed E-state index contributed by atoms with van der Waals surface area (Å²) in [5.74, 6) is 0. The molecule has 0 nitrogen and oxygen atoms in total. The van der Waals surface area contributed by atoms with Crippen molar-refractivity contribution in [2.45, 2.75) is 0 Å². The van der Waals surface area contributed by atoms with Gasteiger partial charge in [0.25, 0.3) is 0 Å². The molecule has 0 aliphatic rings. The molecule has 0 aromatic rings. The Morgan fingerprint density at radius 3 is 0.571 bits per heavy atom. The second-order valence-electron chi connectivity index (χ2n) is 0. The van der Waals surface area contributed by atoms with E-state index < -0.39 is 0 Å². The van der Waals surface area contributed by atoms with Crippen LogP contribution in [0.1, 0.15) is 0 Å². The average Bonchev–Trinajstić information content (AvgIpc) is 0. The van der Waals surface area contributed by atoms with Gasteiger partial charge in [-0.3, -0.25) is 0 Å². The van der Waals surface area contributed by atoms with Crippen molar-refractivity contribution in [2.24, 2.45) is 0 Å². The Balaban J connectivity index is 0. The van der Waals surface area contributed by atoms with Crippen molar-refractivity contribution in [1.29, 1.82) is 0 Å². The topological polar surface area (TPSA) is 0 Å². The third kappa shape index (κ3) is 51.2. The summed E-state index contributed by atoms with van der Waals surface area (Å²) in [6.07, 6.45) is 0. The number of hydrogen-bond donors (Lipinski definition) is 0. The quantitative estimate of drug-likeness (QED) is 0.387. The molecular weight excluding hydrogens is 279 g/mol. The third-order valence-corrected chi connectivity index (χ3v) is 0. The van der Waals surface area contributed by atoms with Crippen molar-refractivity contribution in [1.82, 2.24) is 0 Å². The molecule has 44 valence electrons. The molecule has 0 amide bonds. The Kier molecular flexibility index (Phi) is 912. The van der Waals surface area contributed by atoms with Gasteiger partial charge in [-0.1, -0.05) is 0 Å². The molecule has 0 saturated heterocycles.